The minimum Gasteiger partial charge on any atom is -0.493 e. The van der Waals surface area contributed by atoms with Crippen molar-refractivity contribution in [3.8, 4) is 17.2 Å². The third-order valence-electron chi connectivity index (χ3n) is 6.22. The molecular formula is C29H30N2O8S. The van der Waals surface area contributed by atoms with Crippen LogP contribution < -0.4 is 29.1 Å². The van der Waals surface area contributed by atoms with Gasteiger partial charge in [0.2, 0.25) is 5.75 Å². The van der Waals surface area contributed by atoms with Gasteiger partial charge in [0.15, 0.2) is 16.3 Å². The van der Waals surface area contributed by atoms with Crippen LogP contribution in [-0.2, 0) is 14.3 Å². The summed E-state index contributed by atoms with van der Waals surface area (Å²) >= 11 is 1.19. The van der Waals surface area contributed by atoms with Crippen molar-refractivity contribution in [2.24, 2.45) is 4.99 Å². The molecule has 3 aromatic rings. The van der Waals surface area contributed by atoms with Crippen molar-refractivity contribution >= 4 is 29.4 Å². The molecule has 1 atom stereocenters. The summed E-state index contributed by atoms with van der Waals surface area (Å²) in [5.74, 6) is 0.255. The Kier molecular flexibility index (Phi) is 8.43. The molecule has 0 spiro atoms. The molecule has 1 aliphatic heterocycles. The van der Waals surface area contributed by atoms with E-state index in [1.165, 1.54) is 44.3 Å². The zero-order valence-corrected chi connectivity index (χ0v) is 24.1. The monoisotopic (exact) mass is 566 g/mol. The van der Waals surface area contributed by atoms with Crippen molar-refractivity contribution in [1.82, 2.24) is 4.57 Å². The van der Waals surface area contributed by atoms with E-state index in [0.717, 1.165) is 0 Å². The van der Waals surface area contributed by atoms with Gasteiger partial charge in [0.1, 0.15) is 0 Å². The fourth-order valence-corrected chi connectivity index (χ4v) is 5.48. The Morgan fingerprint density at radius 1 is 0.975 bits per heavy atom. The normalized spacial score (nSPS) is 14.9. The van der Waals surface area contributed by atoms with Crippen molar-refractivity contribution in [2.75, 3.05) is 28.4 Å². The molecule has 0 bridgehead atoms. The number of esters is 2. The molecule has 0 fully saturated rings. The molecule has 2 aromatic carbocycles. The first-order chi connectivity index (χ1) is 19.1. The van der Waals surface area contributed by atoms with E-state index >= 15 is 0 Å². The fraction of sp³-hybridized carbons (Fsp3) is 0.310. The number of ether oxygens (including phenoxy) is 5. The number of carbonyl (C=O) groups excluding carboxylic acids is 2. The van der Waals surface area contributed by atoms with Crippen molar-refractivity contribution in [1.29, 1.82) is 0 Å². The Bertz CT molecular complexity index is 1640. The number of nitrogens with zero attached hydrogens (tertiary/aromatic N) is 2. The van der Waals surface area contributed by atoms with Crippen LogP contribution in [-0.4, -0.2) is 51.0 Å². The van der Waals surface area contributed by atoms with E-state index in [4.69, 9.17) is 23.7 Å². The molecule has 11 heteroatoms. The highest BCUT2D eigenvalue weighted by atomic mass is 32.1. The van der Waals surface area contributed by atoms with Crippen molar-refractivity contribution in [2.45, 2.75) is 32.9 Å². The summed E-state index contributed by atoms with van der Waals surface area (Å²) in [6, 6.07) is 9.21. The summed E-state index contributed by atoms with van der Waals surface area (Å²) in [6.07, 6.45) is 1.33. The summed E-state index contributed by atoms with van der Waals surface area (Å²) in [4.78, 5) is 44.2. The summed E-state index contributed by atoms with van der Waals surface area (Å²) in [7, 11) is 5.84. The number of hydrogen-bond acceptors (Lipinski definition) is 10. The van der Waals surface area contributed by atoms with Crippen LogP contribution in [0.1, 0.15) is 48.3 Å². The van der Waals surface area contributed by atoms with E-state index in [-0.39, 0.29) is 17.2 Å². The average molecular weight is 567 g/mol. The SMILES string of the molecule is COC(=O)c1ccc(C2C(C(=O)OC(C)C)=C(C)N=c3sc(=Cc4cc(OC)c(OC)c(OC)c4)c(=O)n32)cc1. The van der Waals surface area contributed by atoms with Gasteiger partial charge in [0, 0.05) is 0 Å². The van der Waals surface area contributed by atoms with Gasteiger partial charge in [-0.2, -0.15) is 0 Å². The van der Waals surface area contributed by atoms with E-state index in [1.807, 2.05) is 0 Å². The lowest BCUT2D eigenvalue weighted by molar-refractivity contribution is -0.143. The van der Waals surface area contributed by atoms with E-state index in [9.17, 15) is 14.4 Å². The summed E-state index contributed by atoms with van der Waals surface area (Å²) in [6.45, 7) is 5.21. The summed E-state index contributed by atoms with van der Waals surface area (Å²) in [5, 5.41) is 0. The van der Waals surface area contributed by atoms with Crippen LogP contribution in [0.3, 0.4) is 0 Å². The van der Waals surface area contributed by atoms with E-state index in [2.05, 4.69) is 4.99 Å². The van der Waals surface area contributed by atoms with Crippen LogP contribution >= 0.6 is 11.3 Å². The number of aromatic nitrogens is 1. The minimum absolute atomic E-state index is 0.242. The van der Waals surface area contributed by atoms with Crippen molar-refractivity contribution < 1.29 is 33.3 Å². The highest BCUT2D eigenvalue weighted by Crippen LogP contribution is 2.38. The summed E-state index contributed by atoms with van der Waals surface area (Å²) < 4.78 is 28.5. The number of benzene rings is 2. The number of rotatable bonds is 8. The van der Waals surface area contributed by atoms with Crippen molar-refractivity contribution in [3.05, 3.63) is 84.0 Å². The predicted molar refractivity (Wildman–Crippen MR) is 149 cm³/mol. The van der Waals surface area contributed by atoms with Crippen LogP contribution in [0.2, 0.25) is 0 Å². The Labute approximate surface area is 234 Å². The largest absolute Gasteiger partial charge is 0.493 e. The second kappa shape index (κ2) is 11.8. The molecule has 1 aliphatic rings. The molecule has 2 heterocycles. The number of thiazole rings is 1. The first-order valence-corrected chi connectivity index (χ1v) is 13.2. The molecule has 210 valence electrons. The molecule has 0 aliphatic carbocycles. The van der Waals surface area contributed by atoms with Crippen LogP contribution in [0.5, 0.6) is 17.2 Å². The molecule has 0 N–H and O–H groups in total. The number of hydrogen-bond donors (Lipinski definition) is 0. The van der Waals surface area contributed by atoms with Gasteiger partial charge in [-0.25, -0.2) is 14.6 Å². The number of allylic oxidation sites excluding steroid dienone is 1. The number of carbonyl (C=O) groups is 2. The Morgan fingerprint density at radius 2 is 1.60 bits per heavy atom. The van der Waals surface area contributed by atoms with Gasteiger partial charge in [-0.3, -0.25) is 9.36 Å². The lowest BCUT2D eigenvalue weighted by Crippen LogP contribution is -2.40. The van der Waals surface area contributed by atoms with Gasteiger partial charge in [-0.15, -0.1) is 0 Å². The van der Waals surface area contributed by atoms with Gasteiger partial charge in [0.05, 0.1) is 62.0 Å². The minimum atomic E-state index is -0.823. The quantitative estimate of drug-likeness (QED) is 0.383. The van der Waals surface area contributed by atoms with Gasteiger partial charge in [-0.05, 0) is 62.2 Å². The first-order valence-electron chi connectivity index (χ1n) is 12.3. The Hall–Kier alpha value is -4.38. The lowest BCUT2D eigenvalue weighted by Gasteiger charge is -2.25. The predicted octanol–water partition coefficient (Wildman–Crippen LogP) is 3.00. The maximum Gasteiger partial charge on any atom is 0.338 e. The highest BCUT2D eigenvalue weighted by Gasteiger charge is 2.34. The van der Waals surface area contributed by atoms with E-state index in [0.29, 0.717) is 49.0 Å². The summed E-state index contributed by atoms with van der Waals surface area (Å²) in [5.41, 5.74) is 1.93. The molecule has 0 amide bonds. The molecule has 1 aromatic heterocycles. The number of fused-ring (bicyclic) bond motifs is 1. The standard InChI is InChI=1S/C29H30N2O8S/c1-15(2)39-28(34)23-16(3)30-29-31(24(23)18-8-10-19(11-9-18)27(33)38-7)26(32)22(40-29)14-17-12-20(35-4)25(37-6)21(13-17)36-5/h8-15,24H,1-7H3. The topological polar surface area (TPSA) is 115 Å². The zero-order valence-electron chi connectivity index (χ0n) is 23.3. The third kappa shape index (κ3) is 5.37. The van der Waals surface area contributed by atoms with E-state index in [1.54, 1.807) is 63.2 Å². The Morgan fingerprint density at radius 3 is 2.12 bits per heavy atom. The number of methoxy groups -OCH3 is 4. The molecular weight excluding hydrogens is 536 g/mol. The maximum absolute atomic E-state index is 13.9. The molecule has 0 saturated heterocycles. The maximum atomic E-state index is 13.9. The molecule has 0 saturated carbocycles. The smallest absolute Gasteiger partial charge is 0.338 e. The fourth-order valence-electron chi connectivity index (χ4n) is 4.43. The molecule has 1 unspecified atom stereocenters. The van der Waals surface area contributed by atoms with E-state index < -0.39 is 18.0 Å². The molecule has 10 nitrogen and oxygen atoms in total. The molecule has 0 radical (unpaired) electrons. The lowest BCUT2D eigenvalue weighted by atomic mass is 9.95. The van der Waals surface area contributed by atoms with Gasteiger partial charge in [-0.1, -0.05) is 23.5 Å². The van der Waals surface area contributed by atoms with Crippen LogP contribution in [0.4, 0.5) is 0 Å². The molecule has 4 rings (SSSR count). The Balaban J connectivity index is 1.93. The third-order valence-corrected chi connectivity index (χ3v) is 7.20. The second-order valence-corrected chi connectivity index (χ2v) is 10.1. The van der Waals surface area contributed by atoms with Crippen LogP contribution in [0.15, 0.2) is 57.5 Å². The van der Waals surface area contributed by atoms with Gasteiger partial charge < -0.3 is 23.7 Å². The van der Waals surface area contributed by atoms with Crippen LogP contribution in [0, 0.1) is 0 Å². The van der Waals surface area contributed by atoms with Gasteiger partial charge in [0.25, 0.3) is 5.56 Å². The highest BCUT2D eigenvalue weighted by molar-refractivity contribution is 7.07. The first kappa shape index (κ1) is 28.6. The average Bonchev–Trinajstić information content (AvgIpc) is 3.24. The zero-order chi connectivity index (χ0) is 29.1. The van der Waals surface area contributed by atoms with Crippen LogP contribution in [0.25, 0.3) is 6.08 Å². The molecule has 40 heavy (non-hydrogen) atoms. The van der Waals surface area contributed by atoms with Crippen molar-refractivity contribution in [3.63, 3.8) is 0 Å². The second-order valence-electron chi connectivity index (χ2n) is 9.11. The van der Waals surface area contributed by atoms with Gasteiger partial charge >= 0.3 is 11.9 Å².